The normalized spacial score (nSPS) is 10.7. The summed E-state index contributed by atoms with van der Waals surface area (Å²) in [6.07, 6.45) is 0. The molecule has 3 N–H and O–H groups in total. The van der Waals surface area contributed by atoms with Crippen molar-refractivity contribution in [3.63, 3.8) is 0 Å². The Kier molecular flexibility index (Phi) is 6.93. The fourth-order valence-corrected chi connectivity index (χ4v) is 1.68. The second kappa shape index (κ2) is 8.46. The van der Waals surface area contributed by atoms with Crippen LogP contribution in [0.15, 0.2) is 53.5 Å². The molecule has 0 aliphatic rings. The van der Waals surface area contributed by atoms with Gasteiger partial charge in [0.15, 0.2) is 5.96 Å². The smallest absolute Gasteiger partial charge is 0.193 e. The van der Waals surface area contributed by atoms with E-state index >= 15 is 0 Å². The number of hydrogen-bond acceptors (Lipinski definition) is 3. The van der Waals surface area contributed by atoms with Crippen LogP contribution in [-0.4, -0.2) is 25.0 Å². The lowest BCUT2D eigenvalue weighted by atomic mass is 10.3. The number of halogens is 1. The van der Waals surface area contributed by atoms with Gasteiger partial charge in [-0.25, -0.2) is 9.98 Å². The van der Waals surface area contributed by atoms with Crippen LogP contribution in [0.2, 0.25) is 0 Å². The quantitative estimate of drug-likeness (QED) is 0.473. The molecule has 0 aliphatic carbocycles. The third kappa shape index (κ3) is 5.58. The zero-order chi connectivity index (χ0) is 14.4. The van der Waals surface area contributed by atoms with Crippen LogP contribution in [0.3, 0.4) is 0 Å². The number of nitrogens with zero attached hydrogens (tertiary/aromatic N) is 3. The van der Waals surface area contributed by atoms with E-state index in [2.05, 4.69) is 15.3 Å². The standard InChI is InChI=1S/C15H19N5.HI/c1-20(2)14-10-6-9-13(18-14)11-17-15(16)19-12-7-4-3-5-8-12;/h3-10H,11H2,1-2H3,(H3,16,17,19);1H. The molecule has 5 nitrogen and oxygen atoms in total. The Morgan fingerprint density at radius 2 is 1.86 bits per heavy atom. The first-order valence-electron chi connectivity index (χ1n) is 6.40. The molecule has 0 radical (unpaired) electrons. The van der Waals surface area contributed by atoms with Gasteiger partial charge in [0.2, 0.25) is 0 Å². The Balaban J connectivity index is 0.00000220. The van der Waals surface area contributed by atoms with Crippen molar-refractivity contribution in [2.24, 2.45) is 10.7 Å². The van der Waals surface area contributed by atoms with Crippen LogP contribution in [0.1, 0.15) is 5.69 Å². The minimum atomic E-state index is 0. The SMILES string of the molecule is CN(C)c1cccc(CN=C(N)Nc2ccccc2)n1.I. The summed E-state index contributed by atoms with van der Waals surface area (Å²) < 4.78 is 0. The molecule has 1 heterocycles. The van der Waals surface area contributed by atoms with Gasteiger partial charge in [0, 0.05) is 19.8 Å². The number of nitrogens with two attached hydrogens (primary N) is 1. The minimum Gasteiger partial charge on any atom is -0.370 e. The first-order chi connectivity index (χ1) is 9.65. The van der Waals surface area contributed by atoms with E-state index in [1.54, 1.807) is 0 Å². The Hall–Kier alpha value is -1.83. The highest BCUT2D eigenvalue weighted by Gasteiger charge is 1.99. The summed E-state index contributed by atoms with van der Waals surface area (Å²) in [5.41, 5.74) is 7.66. The average Bonchev–Trinajstić information content (AvgIpc) is 2.46. The Bertz CT molecular complexity index is 584. The predicted octanol–water partition coefficient (Wildman–Crippen LogP) is 2.69. The molecule has 21 heavy (non-hydrogen) atoms. The zero-order valence-corrected chi connectivity index (χ0v) is 14.5. The van der Waals surface area contributed by atoms with Gasteiger partial charge in [-0.3, -0.25) is 0 Å². The number of para-hydroxylation sites is 1. The maximum atomic E-state index is 5.85. The van der Waals surface area contributed by atoms with Crippen LogP contribution in [0.4, 0.5) is 11.5 Å². The molecule has 112 valence electrons. The summed E-state index contributed by atoms with van der Waals surface area (Å²) in [6.45, 7) is 0.452. The predicted molar refractivity (Wildman–Crippen MR) is 99.4 cm³/mol. The molecule has 0 atom stereocenters. The summed E-state index contributed by atoms with van der Waals surface area (Å²) in [4.78, 5) is 10.7. The first kappa shape index (κ1) is 17.2. The van der Waals surface area contributed by atoms with Crippen LogP contribution < -0.4 is 16.0 Å². The van der Waals surface area contributed by atoms with Crippen molar-refractivity contribution in [1.82, 2.24) is 4.98 Å². The number of guanidine groups is 1. The second-order valence-electron chi connectivity index (χ2n) is 4.57. The van der Waals surface area contributed by atoms with Gasteiger partial charge in [0.25, 0.3) is 0 Å². The van der Waals surface area contributed by atoms with E-state index < -0.39 is 0 Å². The molecule has 1 aromatic heterocycles. The van der Waals surface area contributed by atoms with E-state index in [0.717, 1.165) is 17.2 Å². The Morgan fingerprint density at radius 1 is 1.14 bits per heavy atom. The van der Waals surface area contributed by atoms with Gasteiger partial charge in [0.1, 0.15) is 5.82 Å². The third-order valence-corrected chi connectivity index (χ3v) is 2.71. The van der Waals surface area contributed by atoms with Crippen molar-refractivity contribution < 1.29 is 0 Å². The molecule has 2 aromatic rings. The van der Waals surface area contributed by atoms with E-state index in [4.69, 9.17) is 5.73 Å². The lowest BCUT2D eigenvalue weighted by molar-refractivity contribution is 0.958. The minimum absolute atomic E-state index is 0. The molecule has 0 aliphatic heterocycles. The summed E-state index contributed by atoms with van der Waals surface area (Å²) in [6, 6.07) is 15.6. The fraction of sp³-hybridized carbons (Fsp3) is 0.200. The number of rotatable bonds is 4. The Labute approximate surface area is 142 Å². The molecule has 0 fully saturated rings. The van der Waals surface area contributed by atoms with Crippen molar-refractivity contribution in [1.29, 1.82) is 0 Å². The number of pyridine rings is 1. The molecule has 0 spiro atoms. The highest BCUT2D eigenvalue weighted by atomic mass is 127. The van der Waals surface area contributed by atoms with Crippen LogP contribution in [0, 0.1) is 0 Å². The largest absolute Gasteiger partial charge is 0.370 e. The van der Waals surface area contributed by atoms with Gasteiger partial charge in [-0.05, 0) is 24.3 Å². The highest BCUT2D eigenvalue weighted by Crippen LogP contribution is 2.09. The molecular weight excluding hydrogens is 377 g/mol. The fourth-order valence-electron chi connectivity index (χ4n) is 1.68. The van der Waals surface area contributed by atoms with Gasteiger partial charge in [-0.15, -0.1) is 24.0 Å². The van der Waals surface area contributed by atoms with Crippen LogP contribution in [-0.2, 0) is 6.54 Å². The van der Waals surface area contributed by atoms with Crippen LogP contribution in [0.25, 0.3) is 0 Å². The van der Waals surface area contributed by atoms with Gasteiger partial charge >= 0.3 is 0 Å². The number of nitrogens with one attached hydrogen (secondary N) is 1. The number of benzene rings is 1. The Morgan fingerprint density at radius 3 is 2.52 bits per heavy atom. The molecule has 0 bridgehead atoms. The maximum absolute atomic E-state index is 5.85. The van der Waals surface area contributed by atoms with Crippen LogP contribution >= 0.6 is 24.0 Å². The summed E-state index contributed by atoms with van der Waals surface area (Å²) >= 11 is 0. The van der Waals surface area contributed by atoms with E-state index in [1.165, 1.54) is 0 Å². The molecule has 0 saturated heterocycles. The second-order valence-corrected chi connectivity index (χ2v) is 4.57. The topological polar surface area (TPSA) is 66.5 Å². The number of aliphatic imine (C=N–C) groups is 1. The van der Waals surface area contributed by atoms with Crippen LogP contribution in [0.5, 0.6) is 0 Å². The van der Waals surface area contributed by atoms with Crippen molar-refractivity contribution in [2.45, 2.75) is 6.54 Å². The number of hydrogen-bond donors (Lipinski definition) is 2. The number of aromatic nitrogens is 1. The van der Waals surface area contributed by atoms with E-state index in [9.17, 15) is 0 Å². The molecule has 2 rings (SSSR count). The summed E-state index contributed by atoms with van der Waals surface area (Å²) in [5.74, 6) is 1.29. The third-order valence-electron chi connectivity index (χ3n) is 2.71. The summed E-state index contributed by atoms with van der Waals surface area (Å²) in [5, 5.41) is 3.04. The van der Waals surface area contributed by atoms with Gasteiger partial charge < -0.3 is 16.0 Å². The van der Waals surface area contributed by atoms with Crippen molar-refractivity contribution >= 4 is 41.4 Å². The average molecular weight is 397 g/mol. The first-order valence-corrected chi connectivity index (χ1v) is 6.40. The van der Waals surface area contributed by atoms with Crippen molar-refractivity contribution in [2.75, 3.05) is 24.3 Å². The van der Waals surface area contributed by atoms with Gasteiger partial charge in [-0.1, -0.05) is 24.3 Å². The molecule has 1 aromatic carbocycles. The highest BCUT2D eigenvalue weighted by molar-refractivity contribution is 14.0. The maximum Gasteiger partial charge on any atom is 0.193 e. The summed E-state index contributed by atoms with van der Waals surface area (Å²) in [7, 11) is 3.92. The lowest BCUT2D eigenvalue weighted by Crippen LogP contribution is -2.22. The lowest BCUT2D eigenvalue weighted by Gasteiger charge is -2.11. The van der Waals surface area contributed by atoms with E-state index in [0.29, 0.717) is 12.5 Å². The molecule has 0 saturated carbocycles. The van der Waals surface area contributed by atoms with Gasteiger partial charge in [-0.2, -0.15) is 0 Å². The zero-order valence-electron chi connectivity index (χ0n) is 12.2. The van der Waals surface area contributed by atoms with E-state index in [-0.39, 0.29) is 24.0 Å². The molecule has 6 heteroatoms. The molecular formula is C15H20IN5. The number of anilines is 2. The van der Waals surface area contributed by atoms with Crippen molar-refractivity contribution in [3.05, 3.63) is 54.2 Å². The monoisotopic (exact) mass is 397 g/mol. The van der Waals surface area contributed by atoms with Crippen molar-refractivity contribution in [3.8, 4) is 0 Å². The molecule has 0 unspecified atom stereocenters. The molecule has 0 amide bonds. The van der Waals surface area contributed by atoms with E-state index in [1.807, 2.05) is 67.5 Å². The van der Waals surface area contributed by atoms with Gasteiger partial charge in [0.05, 0.1) is 12.2 Å².